The number of methoxy groups -OCH3 is 1. The predicted octanol–water partition coefficient (Wildman–Crippen LogP) is 4.94. The van der Waals surface area contributed by atoms with Crippen molar-refractivity contribution in [2.75, 3.05) is 7.11 Å². The second kappa shape index (κ2) is 5.68. The van der Waals surface area contributed by atoms with Crippen LogP contribution in [0.15, 0.2) is 47.0 Å². The van der Waals surface area contributed by atoms with Crippen LogP contribution in [0.1, 0.15) is 16.7 Å². The maximum Gasteiger partial charge on any atom is 0.167 e. The molecule has 0 aliphatic carbocycles. The van der Waals surface area contributed by atoms with Gasteiger partial charge in [0.25, 0.3) is 0 Å². The highest BCUT2D eigenvalue weighted by Crippen LogP contribution is 2.31. The molecule has 1 heterocycles. The first-order valence-corrected chi connectivity index (χ1v) is 7.28. The van der Waals surface area contributed by atoms with Gasteiger partial charge < -0.3 is 9.26 Å². The van der Waals surface area contributed by atoms with Gasteiger partial charge in [-0.25, -0.2) is 0 Å². The zero-order chi connectivity index (χ0) is 15.7. The predicted molar refractivity (Wildman–Crippen MR) is 88.1 cm³/mol. The number of aromatic nitrogens is 1. The van der Waals surface area contributed by atoms with Crippen LogP contribution in [0.25, 0.3) is 22.6 Å². The van der Waals surface area contributed by atoms with Crippen LogP contribution in [-0.4, -0.2) is 12.3 Å². The smallest absolute Gasteiger partial charge is 0.167 e. The minimum Gasteiger partial charge on any atom is -0.497 e. The number of rotatable bonds is 3. The fraction of sp³-hybridized carbons (Fsp3) is 0.211. The highest BCUT2D eigenvalue weighted by atomic mass is 16.5. The first kappa shape index (κ1) is 14.4. The van der Waals surface area contributed by atoms with E-state index in [1.807, 2.05) is 30.3 Å². The summed E-state index contributed by atoms with van der Waals surface area (Å²) in [6.45, 7) is 6.32. The topological polar surface area (TPSA) is 35.3 Å². The van der Waals surface area contributed by atoms with Crippen LogP contribution in [0.4, 0.5) is 0 Å². The van der Waals surface area contributed by atoms with Crippen molar-refractivity contribution < 1.29 is 9.26 Å². The van der Waals surface area contributed by atoms with Gasteiger partial charge in [0.1, 0.15) is 11.4 Å². The first-order valence-electron chi connectivity index (χ1n) is 7.28. The van der Waals surface area contributed by atoms with Crippen molar-refractivity contribution in [2.24, 2.45) is 0 Å². The Morgan fingerprint density at radius 2 is 1.55 bits per heavy atom. The summed E-state index contributed by atoms with van der Waals surface area (Å²) in [5.74, 6) is 1.59. The fourth-order valence-electron chi connectivity index (χ4n) is 2.87. The fourth-order valence-corrected chi connectivity index (χ4v) is 2.87. The molecule has 0 atom stereocenters. The van der Waals surface area contributed by atoms with Crippen molar-refractivity contribution in [3.05, 3.63) is 59.2 Å². The third kappa shape index (κ3) is 2.62. The van der Waals surface area contributed by atoms with E-state index in [1.165, 1.54) is 16.7 Å². The Hall–Kier alpha value is -2.55. The largest absolute Gasteiger partial charge is 0.497 e. The second-order valence-corrected chi connectivity index (χ2v) is 5.58. The summed E-state index contributed by atoms with van der Waals surface area (Å²) >= 11 is 0. The Morgan fingerprint density at radius 3 is 2.14 bits per heavy atom. The van der Waals surface area contributed by atoms with Gasteiger partial charge in [0, 0.05) is 17.2 Å². The molecule has 3 rings (SSSR count). The summed E-state index contributed by atoms with van der Waals surface area (Å²) in [6.07, 6.45) is 0. The monoisotopic (exact) mass is 293 g/mol. The molecule has 0 radical (unpaired) electrons. The van der Waals surface area contributed by atoms with Gasteiger partial charge in [0.05, 0.1) is 7.11 Å². The van der Waals surface area contributed by atoms with Gasteiger partial charge in [-0.3, -0.25) is 0 Å². The summed E-state index contributed by atoms with van der Waals surface area (Å²) < 4.78 is 10.7. The zero-order valence-corrected chi connectivity index (χ0v) is 13.3. The van der Waals surface area contributed by atoms with Crippen molar-refractivity contribution >= 4 is 0 Å². The van der Waals surface area contributed by atoms with Gasteiger partial charge in [-0.2, -0.15) is 0 Å². The van der Waals surface area contributed by atoms with E-state index in [2.05, 4.69) is 38.1 Å². The quantitative estimate of drug-likeness (QED) is 0.686. The van der Waals surface area contributed by atoms with Crippen molar-refractivity contribution in [2.45, 2.75) is 20.8 Å². The van der Waals surface area contributed by atoms with E-state index >= 15 is 0 Å². The molecule has 3 heteroatoms. The second-order valence-electron chi connectivity index (χ2n) is 5.58. The third-order valence-electron chi connectivity index (χ3n) is 3.82. The molecule has 3 aromatic rings. The molecular weight excluding hydrogens is 274 g/mol. The van der Waals surface area contributed by atoms with Crippen LogP contribution in [0.3, 0.4) is 0 Å². The van der Waals surface area contributed by atoms with E-state index in [9.17, 15) is 0 Å². The molecule has 2 aromatic carbocycles. The normalized spacial score (nSPS) is 10.7. The van der Waals surface area contributed by atoms with Crippen LogP contribution in [0.2, 0.25) is 0 Å². The molecule has 112 valence electrons. The average Bonchev–Trinajstić information content (AvgIpc) is 2.96. The molecule has 1 aromatic heterocycles. The lowest BCUT2D eigenvalue weighted by molar-refractivity contribution is 0.414. The molecule has 0 fully saturated rings. The maximum absolute atomic E-state index is 5.53. The number of nitrogens with zero attached hydrogens (tertiary/aromatic N) is 1. The molecule has 0 aliphatic heterocycles. The summed E-state index contributed by atoms with van der Waals surface area (Å²) in [5.41, 5.74) is 6.70. The Bertz CT molecular complexity index is 778. The minimum absolute atomic E-state index is 0.761. The van der Waals surface area contributed by atoms with Gasteiger partial charge in [0.15, 0.2) is 5.76 Å². The van der Waals surface area contributed by atoms with Crippen LogP contribution in [0.5, 0.6) is 5.75 Å². The molecule has 22 heavy (non-hydrogen) atoms. The van der Waals surface area contributed by atoms with E-state index in [4.69, 9.17) is 9.26 Å². The molecule has 0 saturated heterocycles. The van der Waals surface area contributed by atoms with Crippen LogP contribution < -0.4 is 4.74 Å². The lowest BCUT2D eigenvalue weighted by Gasteiger charge is -2.07. The molecule has 0 saturated carbocycles. The van der Waals surface area contributed by atoms with Crippen LogP contribution in [0, 0.1) is 20.8 Å². The van der Waals surface area contributed by atoms with Gasteiger partial charge in [-0.15, -0.1) is 0 Å². The molecule has 0 N–H and O–H groups in total. The number of ether oxygens (including phenoxy) is 1. The summed E-state index contributed by atoms with van der Waals surface area (Å²) in [5, 5.41) is 4.25. The summed E-state index contributed by atoms with van der Waals surface area (Å²) in [7, 11) is 1.66. The Labute approximate surface area is 130 Å². The van der Waals surface area contributed by atoms with E-state index in [0.29, 0.717) is 0 Å². The van der Waals surface area contributed by atoms with Gasteiger partial charge in [-0.1, -0.05) is 22.9 Å². The Morgan fingerprint density at radius 1 is 0.909 bits per heavy atom. The van der Waals surface area contributed by atoms with Gasteiger partial charge in [0.2, 0.25) is 0 Å². The molecule has 0 unspecified atom stereocenters. The molecular formula is C19H19NO2. The van der Waals surface area contributed by atoms with E-state index in [-0.39, 0.29) is 0 Å². The molecule has 0 spiro atoms. The SMILES string of the molecule is COc1ccc(-c2cc(-c3c(C)cc(C)cc3C)no2)cc1. The van der Waals surface area contributed by atoms with Crippen molar-refractivity contribution in [3.8, 4) is 28.3 Å². The first-order chi connectivity index (χ1) is 10.6. The minimum atomic E-state index is 0.761. The number of aryl methyl sites for hydroxylation is 3. The summed E-state index contributed by atoms with van der Waals surface area (Å²) in [6, 6.07) is 14.1. The highest BCUT2D eigenvalue weighted by molar-refractivity contribution is 5.72. The highest BCUT2D eigenvalue weighted by Gasteiger charge is 2.13. The molecule has 3 nitrogen and oxygen atoms in total. The van der Waals surface area contributed by atoms with Crippen molar-refractivity contribution in [1.82, 2.24) is 5.16 Å². The Kier molecular flexibility index (Phi) is 3.72. The maximum atomic E-state index is 5.53. The summed E-state index contributed by atoms with van der Waals surface area (Å²) in [4.78, 5) is 0. The molecule has 0 bridgehead atoms. The lowest BCUT2D eigenvalue weighted by Crippen LogP contribution is -1.89. The average molecular weight is 293 g/mol. The molecule has 0 aliphatic rings. The van der Waals surface area contributed by atoms with Crippen molar-refractivity contribution in [1.29, 1.82) is 0 Å². The van der Waals surface area contributed by atoms with Crippen molar-refractivity contribution in [3.63, 3.8) is 0 Å². The standard InChI is InChI=1S/C19H19NO2/c1-12-9-13(2)19(14(3)10-12)17-11-18(22-20-17)15-5-7-16(21-4)8-6-15/h5-11H,1-4H3. The number of hydrogen-bond acceptors (Lipinski definition) is 3. The molecule has 0 amide bonds. The Balaban J connectivity index is 2.00. The van der Waals surface area contributed by atoms with E-state index in [0.717, 1.165) is 28.3 Å². The van der Waals surface area contributed by atoms with Crippen LogP contribution in [-0.2, 0) is 0 Å². The third-order valence-corrected chi connectivity index (χ3v) is 3.82. The lowest BCUT2D eigenvalue weighted by atomic mass is 9.97. The van der Waals surface area contributed by atoms with E-state index < -0.39 is 0 Å². The van der Waals surface area contributed by atoms with Crippen LogP contribution >= 0.6 is 0 Å². The zero-order valence-electron chi connectivity index (χ0n) is 13.3. The number of hydrogen-bond donors (Lipinski definition) is 0. The van der Waals surface area contributed by atoms with E-state index in [1.54, 1.807) is 7.11 Å². The van der Waals surface area contributed by atoms with Gasteiger partial charge >= 0.3 is 0 Å². The van der Waals surface area contributed by atoms with Gasteiger partial charge in [-0.05, 0) is 56.2 Å². The number of benzene rings is 2.